The molecule has 6 nitrogen and oxygen atoms in total. The first-order chi connectivity index (χ1) is 11.1. The van der Waals surface area contributed by atoms with Gasteiger partial charge in [-0.3, -0.25) is 4.79 Å². The van der Waals surface area contributed by atoms with Crippen molar-refractivity contribution in [2.75, 3.05) is 14.2 Å². The van der Waals surface area contributed by atoms with Gasteiger partial charge in [-0.1, -0.05) is 0 Å². The van der Waals surface area contributed by atoms with Gasteiger partial charge in [-0.05, 0) is 36.4 Å². The lowest BCUT2D eigenvalue weighted by Gasteiger charge is -2.09. The number of ether oxygens (including phenoxy) is 2. The molecular weight excluding hydrogens is 294 g/mol. The molecule has 2 N–H and O–H groups in total. The molecule has 2 aromatic heterocycles. The van der Waals surface area contributed by atoms with Gasteiger partial charge in [0.05, 0.1) is 19.9 Å². The van der Waals surface area contributed by atoms with Crippen LogP contribution in [0, 0.1) is 0 Å². The summed E-state index contributed by atoms with van der Waals surface area (Å²) in [6.07, 6.45) is 0. The summed E-state index contributed by atoms with van der Waals surface area (Å²) in [5.74, 6) is 0.566. The highest BCUT2D eigenvalue weighted by Gasteiger charge is 2.13. The van der Waals surface area contributed by atoms with E-state index in [0.717, 1.165) is 5.39 Å². The number of primary amides is 1. The van der Waals surface area contributed by atoms with E-state index in [4.69, 9.17) is 15.2 Å². The van der Waals surface area contributed by atoms with Crippen LogP contribution in [-0.2, 0) is 0 Å². The van der Waals surface area contributed by atoms with Crippen molar-refractivity contribution in [2.45, 2.75) is 0 Å². The number of hydrogen-bond acceptors (Lipinski definition) is 5. The van der Waals surface area contributed by atoms with Crippen molar-refractivity contribution in [1.82, 2.24) is 9.97 Å². The van der Waals surface area contributed by atoms with Crippen LogP contribution in [0.3, 0.4) is 0 Å². The molecule has 0 aliphatic carbocycles. The number of pyridine rings is 2. The average Bonchev–Trinajstić information content (AvgIpc) is 2.60. The van der Waals surface area contributed by atoms with Crippen molar-refractivity contribution >= 4 is 16.9 Å². The van der Waals surface area contributed by atoms with Gasteiger partial charge < -0.3 is 15.2 Å². The van der Waals surface area contributed by atoms with Gasteiger partial charge in [0.15, 0.2) is 5.65 Å². The number of aromatic nitrogens is 2. The molecule has 3 rings (SSSR count). The van der Waals surface area contributed by atoms with Crippen LogP contribution >= 0.6 is 0 Å². The highest BCUT2D eigenvalue weighted by atomic mass is 16.5. The fraction of sp³-hybridized carbons (Fsp3) is 0.118. The van der Waals surface area contributed by atoms with E-state index in [-0.39, 0.29) is 0 Å². The number of carbonyl (C=O) groups excluding carboxylic acids is 1. The summed E-state index contributed by atoms with van der Waals surface area (Å²) in [5.41, 5.74) is 7.55. The molecule has 1 amide bonds. The van der Waals surface area contributed by atoms with Crippen LogP contribution in [0.2, 0.25) is 0 Å². The Morgan fingerprint density at radius 1 is 1.00 bits per heavy atom. The minimum atomic E-state index is -0.525. The van der Waals surface area contributed by atoms with Crippen molar-refractivity contribution in [3.8, 4) is 22.9 Å². The zero-order valence-electron chi connectivity index (χ0n) is 12.7. The van der Waals surface area contributed by atoms with E-state index >= 15 is 0 Å². The topological polar surface area (TPSA) is 87.3 Å². The van der Waals surface area contributed by atoms with Gasteiger partial charge in [-0.2, -0.15) is 4.98 Å². The summed E-state index contributed by atoms with van der Waals surface area (Å²) in [5, 5.41) is 0.873. The lowest BCUT2D eigenvalue weighted by molar-refractivity contribution is 0.100. The van der Waals surface area contributed by atoms with Gasteiger partial charge in [0.25, 0.3) is 0 Å². The van der Waals surface area contributed by atoms with Crippen molar-refractivity contribution in [1.29, 1.82) is 0 Å². The maximum absolute atomic E-state index is 11.7. The van der Waals surface area contributed by atoms with Crippen molar-refractivity contribution in [3.05, 3.63) is 48.0 Å². The molecule has 0 aliphatic rings. The van der Waals surface area contributed by atoms with E-state index in [1.54, 1.807) is 38.5 Å². The summed E-state index contributed by atoms with van der Waals surface area (Å²) < 4.78 is 10.3. The first-order valence-corrected chi connectivity index (χ1v) is 6.92. The van der Waals surface area contributed by atoms with Gasteiger partial charge in [0, 0.05) is 22.6 Å². The number of methoxy groups -OCH3 is 2. The number of hydrogen-bond donors (Lipinski definition) is 1. The molecule has 0 radical (unpaired) electrons. The third-order valence-electron chi connectivity index (χ3n) is 3.50. The minimum Gasteiger partial charge on any atom is -0.497 e. The monoisotopic (exact) mass is 309 g/mol. The maximum atomic E-state index is 11.7. The normalized spacial score (nSPS) is 10.5. The van der Waals surface area contributed by atoms with Crippen LogP contribution in [-0.4, -0.2) is 30.1 Å². The number of rotatable bonds is 4. The first-order valence-electron chi connectivity index (χ1n) is 6.92. The Bertz CT molecular complexity index is 893. The molecule has 0 unspecified atom stereocenters. The maximum Gasteiger partial charge on any atom is 0.249 e. The fourth-order valence-corrected chi connectivity index (χ4v) is 2.32. The van der Waals surface area contributed by atoms with Gasteiger partial charge in [-0.25, -0.2) is 4.98 Å². The molecule has 2 heterocycles. The second kappa shape index (κ2) is 5.92. The van der Waals surface area contributed by atoms with Gasteiger partial charge in [-0.15, -0.1) is 0 Å². The third kappa shape index (κ3) is 2.78. The molecule has 3 aromatic rings. The Morgan fingerprint density at radius 3 is 2.48 bits per heavy atom. The van der Waals surface area contributed by atoms with E-state index in [1.807, 2.05) is 18.2 Å². The summed E-state index contributed by atoms with van der Waals surface area (Å²) in [6.45, 7) is 0. The standard InChI is InChI=1S/C17H15N3O3/c1-22-11-5-6-12(16(18)21)13(9-11)14-7-3-10-4-8-15(23-2)20-17(10)19-14/h3-9H,1-2H3,(H2,18,21). The zero-order valence-corrected chi connectivity index (χ0v) is 12.7. The zero-order chi connectivity index (χ0) is 16.4. The molecular formula is C17H15N3O3. The number of benzene rings is 1. The molecule has 0 bridgehead atoms. The van der Waals surface area contributed by atoms with Gasteiger partial charge >= 0.3 is 0 Å². The summed E-state index contributed by atoms with van der Waals surface area (Å²) >= 11 is 0. The molecule has 0 saturated heterocycles. The Hall–Kier alpha value is -3.15. The molecule has 116 valence electrons. The number of carbonyl (C=O) groups is 1. The molecule has 6 heteroatoms. The largest absolute Gasteiger partial charge is 0.497 e. The van der Waals surface area contributed by atoms with E-state index in [0.29, 0.717) is 34.1 Å². The Morgan fingerprint density at radius 2 is 1.78 bits per heavy atom. The second-order valence-corrected chi connectivity index (χ2v) is 4.87. The SMILES string of the molecule is COc1ccc(C(N)=O)c(-c2ccc3ccc(OC)nc3n2)c1. The summed E-state index contributed by atoms with van der Waals surface area (Å²) in [4.78, 5) is 20.5. The highest BCUT2D eigenvalue weighted by molar-refractivity contribution is 6.00. The van der Waals surface area contributed by atoms with E-state index in [2.05, 4.69) is 9.97 Å². The highest BCUT2D eigenvalue weighted by Crippen LogP contribution is 2.28. The first kappa shape index (κ1) is 14.8. The molecule has 0 fully saturated rings. The van der Waals surface area contributed by atoms with Crippen molar-refractivity contribution in [3.63, 3.8) is 0 Å². The molecule has 23 heavy (non-hydrogen) atoms. The van der Waals surface area contributed by atoms with Crippen LogP contribution in [0.1, 0.15) is 10.4 Å². The predicted octanol–water partition coefficient (Wildman–Crippen LogP) is 2.41. The van der Waals surface area contributed by atoms with Crippen LogP contribution in [0.15, 0.2) is 42.5 Å². The number of amides is 1. The Labute approximate surface area is 132 Å². The predicted molar refractivity (Wildman–Crippen MR) is 86.6 cm³/mol. The molecule has 0 aliphatic heterocycles. The third-order valence-corrected chi connectivity index (χ3v) is 3.50. The Balaban J connectivity index is 2.21. The average molecular weight is 309 g/mol. The van der Waals surface area contributed by atoms with E-state index < -0.39 is 5.91 Å². The van der Waals surface area contributed by atoms with Crippen molar-refractivity contribution < 1.29 is 14.3 Å². The van der Waals surface area contributed by atoms with Crippen LogP contribution in [0.25, 0.3) is 22.3 Å². The molecule has 0 spiro atoms. The quantitative estimate of drug-likeness (QED) is 0.799. The number of fused-ring (bicyclic) bond motifs is 1. The van der Waals surface area contributed by atoms with E-state index in [1.165, 1.54) is 0 Å². The summed E-state index contributed by atoms with van der Waals surface area (Å²) in [7, 11) is 3.11. The van der Waals surface area contributed by atoms with Crippen molar-refractivity contribution in [2.24, 2.45) is 5.73 Å². The molecule has 0 saturated carbocycles. The molecule has 1 aromatic carbocycles. The van der Waals surface area contributed by atoms with Gasteiger partial charge in [0.1, 0.15) is 5.75 Å². The fourth-order valence-electron chi connectivity index (χ4n) is 2.32. The van der Waals surface area contributed by atoms with E-state index in [9.17, 15) is 4.79 Å². The number of nitrogens with zero attached hydrogens (tertiary/aromatic N) is 2. The lowest BCUT2D eigenvalue weighted by Crippen LogP contribution is -2.12. The van der Waals surface area contributed by atoms with Crippen LogP contribution < -0.4 is 15.2 Å². The number of nitrogens with two attached hydrogens (primary N) is 1. The smallest absolute Gasteiger partial charge is 0.249 e. The van der Waals surface area contributed by atoms with Crippen LogP contribution in [0.4, 0.5) is 0 Å². The van der Waals surface area contributed by atoms with Crippen LogP contribution in [0.5, 0.6) is 11.6 Å². The lowest BCUT2D eigenvalue weighted by atomic mass is 10.0. The second-order valence-electron chi connectivity index (χ2n) is 4.87. The Kier molecular flexibility index (Phi) is 3.80. The summed E-state index contributed by atoms with van der Waals surface area (Å²) in [6, 6.07) is 12.4. The minimum absolute atomic E-state index is 0.376. The van der Waals surface area contributed by atoms with Gasteiger partial charge in [0.2, 0.25) is 11.8 Å². The molecule has 0 atom stereocenters.